The first-order valence-electron chi connectivity index (χ1n) is 8.25. The highest BCUT2D eigenvalue weighted by Crippen LogP contribution is 2.45. The number of hydrogen-bond acceptors (Lipinski definition) is 4. The molecule has 23 heavy (non-hydrogen) atoms. The Kier molecular flexibility index (Phi) is 3.52. The minimum Gasteiger partial charge on any atom is -0.475 e. The zero-order chi connectivity index (χ0) is 16.0. The summed E-state index contributed by atoms with van der Waals surface area (Å²) in [6.07, 6.45) is 3.39. The van der Waals surface area contributed by atoms with Gasteiger partial charge in [0.05, 0.1) is 19.7 Å². The van der Waals surface area contributed by atoms with Gasteiger partial charge < -0.3 is 14.4 Å². The molecule has 3 aliphatic rings. The van der Waals surface area contributed by atoms with Crippen molar-refractivity contribution in [2.45, 2.75) is 25.4 Å². The molecule has 6 heteroatoms. The van der Waals surface area contributed by atoms with Crippen LogP contribution in [0.25, 0.3) is 0 Å². The van der Waals surface area contributed by atoms with E-state index in [2.05, 4.69) is 11.9 Å². The van der Waals surface area contributed by atoms with Gasteiger partial charge in [-0.25, -0.2) is 9.37 Å². The lowest BCUT2D eigenvalue weighted by Crippen LogP contribution is -2.67. The minimum absolute atomic E-state index is 0.0358. The van der Waals surface area contributed by atoms with Crippen LogP contribution in [-0.2, 0) is 9.53 Å². The number of aromatic nitrogens is 1. The number of ether oxygens (including phenoxy) is 2. The molecule has 3 fully saturated rings. The summed E-state index contributed by atoms with van der Waals surface area (Å²) in [5.41, 5.74) is -0.307. The van der Waals surface area contributed by atoms with Gasteiger partial charge in [-0.3, -0.25) is 4.79 Å². The second-order valence-electron chi connectivity index (χ2n) is 7.01. The van der Waals surface area contributed by atoms with Crippen LogP contribution in [-0.4, -0.2) is 47.7 Å². The predicted octanol–water partition coefficient (Wildman–Crippen LogP) is 1.87. The molecule has 2 saturated heterocycles. The van der Waals surface area contributed by atoms with Crippen molar-refractivity contribution >= 4 is 5.91 Å². The molecule has 1 amide bonds. The number of halogens is 1. The highest BCUT2D eigenvalue weighted by atomic mass is 19.1. The van der Waals surface area contributed by atoms with Gasteiger partial charge in [-0.2, -0.15) is 0 Å². The largest absolute Gasteiger partial charge is 0.475 e. The monoisotopic (exact) mass is 320 g/mol. The second kappa shape index (κ2) is 5.44. The standard InChI is InChI=1S/C17H21FN2O3/c1-11-7-13(11)16(21)20-9-17(10-20)12(4-6-23-17)8-22-15-14(18)3-2-5-19-15/h2-3,5,11-13H,4,6-10H2,1H3/t11-,12+,13+/m1/s1. The van der Waals surface area contributed by atoms with Crippen LogP contribution >= 0.6 is 0 Å². The first-order chi connectivity index (χ1) is 11.1. The van der Waals surface area contributed by atoms with Crippen LogP contribution in [0.5, 0.6) is 5.88 Å². The molecule has 1 saturated carbocycles. The molecule has 3 heterocycles. The van der Waals surface area contributed by atoms with Crippen molar-refractivity contribution < 1.29 is 18.7 Å². The lowest BCUT2D eigenvalue weighted by molar-refractivity contribution is -0.168. The Balaban J connectivity index is 1.35. The number of pyridine rings is 1. The van der Waals surface area contributed by atoms with E-state index >= 15 is 0 Å². The molecule has 2 aliphatic heterocycles. The molecular weight excluding hydrogens is 299 g/mol. The van der Waals surface area contributed by atoms with Gasteiger partial charge >= 0.3 is 0 Å². The Hall–Kier alpha value is -1.69. The summed E-state index contributed by atoms with van der Waals surface area (Å²) in [5, 5.41) is 0. The van der Waals surface area contributed by atoms with E-state index in [4.69, 9.17) is 9.47 Å². The zero-order valence-electron chi connectivity index (χ0n) is 13.2. The van der Waals surface area contributed by atoms with Crippen LogP contribution < -0.4 is 4.74 Å². The maximum Gasteiger partial charge on any atom is 0.250 e. The van der Waals surface area contributed by atoms with E-state index in [9.17, 15) is 9.18 Å². The summed E-state index contributed by atoms with van der Waals surface area (Å²) >= 11 is 0. The van der Waals surface area contributed by atoms with E-state index in [0.29, 0.717) is 32.2 Å². The fourth-order valence-electron chi connectivity index (χ4n) is 3.68. The molecule has 1 spiro atoms. The lowest BCUT2D eigenvalue weighted by atomic mass is 9.81. The van der Waals surface area contributed by atoms with E-state index in [1.807, 2.05) is 4.90 Å². The number of carbonyl (C=O) groups excluding carboxylic acids is 1. The molecule has 5 nitrogen and oxygen atoms in total. The van der Waals surface area contributed by atoms with Gasteiger partial charge in [0.1, 0.15) is 5.60 Å². The first kappa shape index (κ1) is 14.9. The van der Waals surface area contributed by atoms with E-state index in [-0.39, 0.29) is 29.2 Å². The zero-order valence-corrected chi connectivity index (χ0v) is 13.2. The molecule has 1 aromatic rings. The second-order valence-corrected chi connectivity index (χ2v) is 7.01. The Labute approximate surface area is 134 Å². The summed E-state index contributed by atoms with van der Waals surface area (Å²) in [6, 6.07) is 2.88. The van der Waals surface area contributed by atoms with Crippen molar-refractivity contribution in [1.29, 1.82) is 0 Å². The van der Waals surface area contributed by atoms with E-state index in [0.717, 1.165) is 12.8 Å². The Bertz CT molecular complexity index is 618. The van der Waals surface area contributed by atoms with Crippen LogP contribution in [0.4, 0.5) is 4.39 Å². The van der Waals surface area contributed by atoms with Gasteiger partial charge in [0.2, 0.25) is 11.8 Å². The molecule has 3 atom stereocenters. The Morgan fingerprint density at radius 1 is 1.57 bits per heavy atom. The summed E-state index contributed by atoms with van der Waals surface area (Å²) in [6.45, 7) is 4.42. The van der Waals surface area contributed by atoms with Gasteiger partial charge in [0.15, 0.2) is 5.82 Å². The molecule has 0 radical (unpaired) electrons. The van der Waals surface area contributed by atoms with Crippen molar-refractivity contribution in [3.8, 4) is 5.88 Å². The number of carbonyl (C=O) groups is 1. The molecular formula is C17H21FN2O3. The number of nitrogens with zero attached hydrogens (tertiary/aromatic N) is 2. The van der Waals surface area contributed by atoms with Crippen LogP contribution in [0.15, 0.2) is 18.3 Å². The normalized spacial score (nSPS) is 31.0. The third-order valence-corrected chi connectivity index (χ3v) is 5.40. The summed E-state index contributed by atoms with van der Waals surface area (Å²) in [4.78, 5) is 18.1. The van der Waals surface area contributed by atoms with Crippen molar-refractivity contribution in [3.05, 3.63) is 24.1 Å². The quantitative estimate of drug-likeness (QED) is 0.850. The number of amides is 1. The fourth-order valence-corrected chi connectivity index (χ4v) is 3.68. The molecule has 0 bridgehead atoms. The number of rotatable bonds is 4. The summed E-state index contributed by atoms with van der Waals surface area (Å²) < 4.78 is 25.1. The lowest BCUT2D eigenvalue weighted by Gasteiger charge is -2.50. The average Bonchev–Trinajstić information content (AvgIpc) is 3.08. The van der Waals surface area contributed by atoms with Gasteiger partial charge in [0.25, 0.3) is 0 Å². The van der Waals surface area contributed by atoms with Crippen molar-refractivity contribution in [2.75, 3.05) is 26.3 Å². The minimum atomic E-state index is -0.450. The van der Waals surface area contributed by atoms with Crippen LogP contribution in [0.2, 0.25) is 0 Å². The van der Waals surface area contributed by atoms with E-state index in [1.165, 1.54) is 18.3 Å². The predicted molar refractivity (Wildman–Crippen MR) is 80.3 cm³/mol. The molecule has 124 valence electrons. The number of likely N-dealkylation sites (tertiary alicyclic amines) is 1. The third-order valence-electron chi connectivity index (χ3n) is 5.40. The van der Waals surface area contributed by atoms with Gasteiger partial charge in [0, 0.05) is 24.6 Å². The van der Waals surface area contributed by atoms with Crippen molar-refractivity contribution in [3.63, 3.8) is 0 Å². The molecule has 0 aromatic carbocycles. The summed E-state index contributed by atoms with van der Waals surface area (Å²) in [5.74, 6) is 0.752. The topological polar surface area (TPSA) is 51.7 Å². The molecule has 0 N–H and O–H groups in total. The fraction of sp³-hybridized carbons (Fsp3) is 0.647. The third kappa shape index (κ3) is 2.59. The Morgan fingerprint density at radius 2 is 2.35 bits per heavy atom. The number of hydrogen-bond donors (Lipinski definition) is 0. The maximum absolute atomic E-state index is 13.6. The molecule has 0 unspecified atom stereocenters. The molecule has 1 aromatic heterocycles. The van der Waals surface area contributed by atoms with Crippen LogP contribution in [0.3, 0.4) is 0 Å². The van der Waals surface area contributed by atoms with Gasteiger partial charge in [-0.1, -0.05) is 6.92 Å². The van der Waals surface area contributed by atoms with Crippen molar-refractivity contribution in [2.24, 2.45) is 17.8 Å². The van der Waals surface area contributed by atoms with E-state index in [1.54, 1.807) is 0 Å². The van der Waals surface area contributed by atoms with Crippen LogP contribution in [0.1, 0.15) is 19.8 Å². The highest BCUT2D eigenvalue weighted by Gasteiger charge is 2.57. The summed E-state index contributed by atoms with van der Waals surface area (Å²) in [7, 11) is 0. The smallest absolute Gasteiger partial charge is 0.250 e. The van der Waals surface area contributed by atoms with Gasteiger partial charge in [-0.15, -0.1) is 0 Å². The first-order valence-corrected chi connectivity index (χ1v) is 8.25. The Morgan fingerprint density at radius 3 is 3.04 bits per heavy atom. The average molecular weight is 320 g/mol. The SMILES string of the molecule is C[C@@H]1C[C@@H]1C(=O)N1CC2(C1)OCC[C@H]2COc1ncccc1F. The highest BCUT2D eigenvalue weighted by molar-refractivity contribution is 5.82. The maximum atomic E-state index is 13.6. The molecule has 1 aliphatic carbocycles. The van der Waals surface area contributed by atoms with Crippen molar-refractivity contribution in [1.82, 2.24) is 9.88 Å². The van der Waals surface area contributed by atoms with Crippen LogP contribution in [0, 0.1) is 23.6 Å². The van der Waals surface area contributed by atoms with Gasteiger partial charge in [-0.05, 0) is 30.9 Å². The molecule has 4 rings (SSSR count). The van der Waals surface area contributed by atoms with E-state index < -0.39 is 5.82 Å².